The summed E-state index contributed by atoms with van der Waals surface area (Å²) in [5, 5.41) is 9.61. The van der Waals surface area contributed by atoms with E-state index >= 15 is 0 Å². The molecule has 5 heteroatoms. The fourth-order valence-electron chi connectivity index (χ4n) is 2.02. The van der Waals surface area contributed by atoms with E-state index in [0.29, 0.717) is 11.2 Å². The standard InChI is InChI=1S/C15H22BNO3/c1-14(2)15(3,4)20-16(19-14)12(10-18)9-11-7-5-6-8-13(11)17/h5-9,18H,10,17H2,1-4H3. The molecule has 4 nitrogen and oxygen atoms in total. The molecule has 3 N–H and O–H groups in total. The number of hydrogen-bond donors (Lipinski definition) is 2. The van der Waals surface area contributed by atoms with Gasteiger partial charge in [0.15, 0.2) is 0 Å². The van der Waals surface area contributed by atoms with Gasteiger partial charge in [-0.05, 0) is 44.8 Å². The van der Waals surface area contributed by atoms with Crippen molar-refractivity contribution in [3.63, 3.8) is 0 Å². The predicted molar refractivity (Wildman–Crippen MR) is 82.0 cm³/mol. The van der Waals surface area contributed by atoms with Crippen molar-refractivity contribution in [1.82, 2.24) is 0 Å². The Labute approximate surface area is 120 Å². The summed E-state index contributed by atoms with van der Waals surface area (Å²) < 4.78 is 11.9. The summed E-state index contributed by atoms with van der Waals surface area (Å²) in [7, 11) is -0.551. The highest BCUT2D eigenvalue weighted by Gasteiger charge is 2.52. The van der Waals surface area contributed by atoms with E-state index in [0.717, 1.165) is 5.56 Å². The topological polar surface area (TPSA) is 64.7 Å². The van der Waals surface area contributed by atoms with Gasteiger partial charge in [0.25, 0.3) is 0 Å². The van der Waals surface area contributed by atoms with E-state index < -0.39 is 18.3 Å². The van der Waals surface area contributed by atoms with Gasteiger partial charge in [-0.25, -0.2) is 0 Å². The highest BCUT2D eigenvalue weighted by atomic mass is 16.7. The zero-order valence-electron chi connectivity index (χ0n) is 12.5. The van der Waals surface area contributed by atoms with Gasteiger partial charge in [0.2, 0.25) is 0 Å². The third-order valence-electron chi connectivity index (χ3n) is 4.08. The summed E-state index contributed by atoms with van der Waals surface area (Å²) in [6, 6.07) is 7.50. The lowest BCUT2D eigenvalue weighted by Crippen LogP contribution is -2.41. The first kappa shape index (κ1) is 15.1. The number of rotatable bonds is 3. The number of anilines is 1. The van der Waals surface area contributed by atoms with Crippen LogP contribution in [0, 0.1) is 0 Å². The maximum atomic E-state index is 9.61. The molecule has 0 spiro atoms. The minimum Gasteiger partial charge on any atom is -0.400 e. The zero-order chi connectivity index (χ0) is 15.0. The molecule has 1 fully saturated rings. The molecule has 0 aliphatic carbocycles. The van der Waals surface area contributed by atoms with Crippen LogP contribution in [0.2, 0.25) is 0 Å². The molecule has 2 rings (SSSR count). The third-order valence-corrected chi connectivity index (χ3v) is 4.08. The van der Waals surface area contributed by atoms with Crippen LogP contribution >= 0.6 is 0 Å². The van der Waals surface area contributed by atoms with Crippen LogP contribution < -0.4 is 5.73 Å². The Morgan fingerprint density at radius 2 is 1.75 bits per heavy atom. The molecular weight excluding hydrogens is 253 g/mol. The normalized spacial score (nSPS) is 21.2. The Morgan fingerprint density at radius 1 is 1.20 bits per heavy atom. The van der Waals surface area contributed by atoms with Gasteiger partial charge in [-0.15, -0.1) is 0 Å². The Balaban J connectivity index is 2.29. The summed E-state index contributed by atoms with van der Waals surface area (Å²) in [5.41, 5.74) is 7.26. The number of nitrogens with two attached hydrogens (primary N) is 1. The minimum atomic E-state index is -0.551. The Hall–Kier alpha value is -1.30. The lowest BCUT2D eigenvalue weighted by Gasteiger charge is -2.32. The van der Waals surface area contributed by atoms with Gasteiger partial charge >= 0.3 is 7.12 Å². The third kappa shape index (κ3) is 2.75. The molecule has 0 saturated carbocycles. The molecule has 20 heavy (non-hydrogen) atoms. The fraction of sp³-hybridized carbons (Fsp3) is 0.467. The van der Waals surface area contributed by atoms with Gasteiger partial charge in [-0.1, -0.05) is 24.3 Å². The smallest absolute Gasteiger partial charge is 0.400 e. The highest BCUT2D eigenvalue weighted by Crippen LogP contribution is 2.38. The Kier molecular flexibility index (Phi) is 3.96. The highest BCUT2D eigenvalue weighted by molar-refractivity contribution is 6.55. The van der Waals surface area contributed by atoms with Gasteiger partial charge in [-0.3, -0.25) is 0 Å². The second kappa shape index (κ2) is 5.24. The number of hydrogen-bond acceptors (Lipinski definition) is 4. The second-order valence-electron chi connectivity index (χ2n) is 6.09. The van der Waals surface area contributed by atoms with E-state index in [2.05, 4.69) is 0 Å². The van der Waals surface area contributed by atoms with Gasteiger partial charge in [0, 0.05) is 5.69 Å². The molecule has 0 atom stereocenters. The molecule has 108 valence electrons. The van der Waals surface area contributed by atoms with Gasteiger partial charge in [0.05, 0.1) is 17.8 Å². The monoisotopic (exact) mass is 275 g/mol. The summed E-state index contributed by atoms with van der Waals surface area (Å²) in [5.74, 6) is 0. The van der Waals surface area contributed by atoms with Crippen LogP contribution in [0.15, 0.2) is 29.7 Å². The number of benzene rings is 1. The zero-order valence-corrected chi connectivity index (χ0v) is 12.5. The van der Waals surface area contributed by atoms with E-state index in [9.17, 15) is 5.11 Å². The minimum absolute atomic E-state index is 0.134. The van der Waals surface area contributed by atoms with Crippen molar-refractivity contribution in [3.05, 3.63) is 35.3 Å². The maximum absolute atomic E-state index is 9.61. The van der Waals surface area contributed by atoms with Crippen molar-refractivity contribution in [2.24, 2.45) is 0 Å². The molecule has 0 aromatic heterocycles. The lowest BCUT2D eigenvalue weighted by atomic mass is 9.77. The molecule has 1 aromatic rings. The number of nitrogen functional groups attached to an aromatic ring is 1. The van der Waals surface area contributed by atoms with Crippen LogP contribution in [0.1, 0.15) is 33.3 Å². The average molecular weight is 275 g/mol. The predicted octanol–water partition coefficient (Wildman–Crippen LogP) is 2.28. The van der Waals surface area contributed by atoms with Crippen LogP contribution in [0.5, 0.6) is 0 Å². The summed E-state index contributed by atoms with van der Waals surface area (Å²) in [4.78, 5) is 0. The SMILES string of the molecule is CC1(C)OB(C(=Cc2ccccc2N)CO)OC1(C)C. The van der Waals surface area contributed by atoms with Crippen molar-refractivity contribution in [2.45, 2.75) is 38.9 Å². The Morgan fingerprint density at radius 3 is 2.25 bits per heavy atom. The molecule has 0 radical (unpaired) electrons. The molecule has 1 aliphatic rings. The number of para-hydroxylation sites is 1. The lowest BCUT2D eigenvalue weighted by molar-refractivity contribution is 0.00578. The fourth-order valence-corrected chi connectivity index (χ4v) is 2.02. The molecule has 0 bridgehead atoms. The van der Waals surface area contributed by atoms with Crippen LogP contribution in [-0.4, -0.2) is 30.0 Å². The number of aliphatic hydroxyl groups excluding tert-OH is 1. The summed E-state index contributed by atoms with van der Waals surface area (Å²) in [6.45, 7) is 7.81. The van der Waals surface area contributed by atoms with E-state index in [4.69, 9.17) is 15.0 Å². The molecule has 1 saturated heterocycles. The van der Waals surface area contributed by atoms with Crippen LogP contribution in [0.3, 0.4) is 0 Å². The quantitative estimate of drug-likeness (QED) is 0.656. The molecule has 1 aliphatic heterocycles. The Bertz CT molecular complexity index is 510. The summed E-state index contributed by atoms with van der Waals surface area (Å²) in [6.07, 6.45) is 1.83. The van der Waals surface area contributed by atoms with Crippen molar-refractivity contribution >= 4 is 18.9 Å². The van der Waals surface area contributed by atoms with Gasteiger partial charge in [-0.2, -0.15) is 0 Å². The average Bonchev–Trinajstić information content (AvgIpc) is 2.57. The van der Waals surface area contributed by atoms with E-state index in [-0.39, 0.29) is 6.61 Å². The summed E-state index contributed by atoms with van der Waals surface area (Å²) >= 11 is 0. The first-order valence-electron chi connectivity index (χ1n) is 6.78. The van der Waals surface area contributed by atoms with Gasteiger partial charge in [0.1, 0.15) is 0 Å². The van der Waals surface area contributed by atoms with E-state index in [1.54, 1.807) is 0 Å². The first-order valence-corrected chi connectivity index (χ1v) is 6.78. The van der Waals surface area contributed by atoms with Crippen molar-refractivity contribution < 1.29 is 14.4 Å². The largest absolute Gasteiger partial charge is 0.492 e. The maximum Gasteiger partial charge on any atom is 0.492 e. The van der Waals surface area contributed by atoms with E-state index in [1.165, 1.54) is 0 Å². The van der Waals surface area contributed by atoms with Crippen molar-refractivity contribution in [2.75, 3.05) is 12.3 Å². The van der Waals surface area contributed by atoms with Crippen molar-refractivity contribution in [1.29, 1.82) is 0 Å². The molecule has 0 amide bonds. The van der Waals surface area contributed by atoms with Crippen LogP contribution in [-0.2, 0) is 9.31 Å². The van der Waals surface area contributed by atoms with Crippen LogP contribution in [0.4, 0.5) is 5.69 Å². The molecule has 1 aromatic carbocycles. The molecule has 1 heterocycles. The first-order chi connectivity index (χ1) is 9.27. The molecule has 0 unspecified atom stereocenters. The van der Waals surface area contributed by atoms with E-state index in [1.807, 2.05) is 58.0 Å². The number of aliphatic hydroxyl groups is 1. The van der Waals surface area contributed by atoms with Crippen LogP contribution in [0.25, 0.3) is 6.08 Å². The second-order valence-corrected chi connectivity index (χ2v) is 6.09. The van der Waals surface area contributed by atoms with Gasteiger partial charge < -0.3 is 20.1 Å². The van der Waals surface area contributed by atoms with Crippen molar-refractivity contribution in [3.8, 4) is 0 Å². The molecular formula is C15H22BNO3.